The number of nitrogens with one attached hydrogen (secondary N) is 1. The molecule has 1 N–H and O–H groups in total. The summed E-state index contributed by atoms with van der Waals surface area (Å²) in [5.41, 5.74) is -0.231. The summed E-state index contributed by atoms with van der Waals surface area (Å²) in [6.45, 7) is 2.66. The Morgan fingerprint density at radius 2 is 1.79 bits per heavy atom. The van der Waals surface area contributed by atoms with Crippen LogP contribution < -0.4 is 5.32 Å². The highest BCUT2D eigenvalue weighted by Crippen LogP contribution is 2.09. The van der Waals surface area contributed by atoms with Crippen molar-refractivity contribution < 1.29 is 13.6 Å². The van der Waals surface area contributed by atoms with Gasteiger partial charge in [0.15, 0.2) is 0 Å². The third-order valence-electron chi connectivity index (χ3n) is 2.99. The Kier molecular flexibility index (Phi) is 7.08. The molecule has 19 heavy (non-hydrogen) atoms. The summed E-state index contributed by atoms with van der Waals surface area (Å²) < 4.78 is 26.2. The van der Waals surface area contributed by atoms with Gasteiger partial charge in [-0.05, 0) is 24.6 Å². The van der Waals surface area contributed by atoms with Gasteiger partial charge in [-0.1, -0.05) is 39.0 Å². The van der Waals surface area contributed by atoms with Gasteiger partial charge in [-0.15, -0.1) is 0 Å². The number of carbonyl (C=O) groups excluding carboxylic acids is 1. The fraction of sp³-hybridized carbons (Fsp3) is 0.533. The van der Waals surface area contributed by atoms with Crippen LogP contribution in [0.25, 0.3) is 0 Å². The minimum absolute atomic E-state index is 0.231. The molecule has 0 fully saturated rings. The van der Waals surface area contributed by atoms with E-state index in [-0.39, 0.29) is 5.56 Å². The number of hydrogen-bond acceptors (Lipinski definition) is 1. The lowest BCUT2D eigenvalue weighted by Gasteiger charge is -2.06. The van der Waals surface area contributed by atoms with E-state index in [1.54, 1.807) is 0 Å². The predicted octanol–water partition coefficient (Wildman–Crippen LogP) is 4.06. The van der Waals surface area contributed by atoms with E-state index in [1.807, 2.05) is 0 Å². The molecule has 0 heterocycles. The van der Waals surface area contributed by atoms with Gasteiger partial charge in [0.25, 0.3) is 5.91 Å². The average molecular weight is 269 g/mol. The van der Waals surface area contributed by atoms with E-state index in [9.17, 15) is 13.6 Å². The van der Waals surface area contributed by atoms with E-state index in [0.29, 0.717) is 6.54 Å². The van der Waals surface area contributed by atoms with E-state index in [2.05, 4.69) is 12.2 Å². The Bertz CT molecular complexity index is 407. The fourth-order valence-electron chi connectivity index (χ4n) is 1.87. The van der Waals surface area contributed by atoms with Gasteiger partial charge in [0.1, 0.15) is 11.6 Å². The van der Waals surface area contributed by atoms with E-state index in [1.165, 1.54) is 19.3 Å². The Labute approximate surface area is 113 Å². The Hall–Kier alpha value is -1.45. The number of amides is 1. The van der Waals surface area contributed by atoms with Crippen molar-refractivity contribution in [3.8, 4) is 0 Å². The van der Waals surface area contributed by atoms with E-state index in [4.69, 9.17) is 0 Å². The molecule has 1 aromatic carbocycles. The van der Waals surface area contributed by atoms with Gasteiger partial charge in [-0.25, -0.2) is 8.78 Å². The van der Waals surface area contributed by atoms with Crippen molar-refractivity contribution in [2.24, 2.45) is 0 Å². The standard InChI is InChI=1S/C15H21F2NO/c1-2-3-4-5-6-7-10-18-15(19)13-11-12(16)8-9-14(13)17/h8-9,11H,2-7,10H2,1H3,(H,18,19). The number of carbonyl (C=O) groups is 1. The molecule has 1 amide bonds. The second-order valence-corrected chi connectivity index (χ2v) is 4.65. The SMILES string of the molecule is CCCCCCCCNC(=O)c1cc(F)ccc1F. The molecular weight excluding hydrogens is 248 g/mol. The monoisotopic (exact) mass is 269 g/mol. The second kappa shape index (κ2) is 8.62. The van der Waals surface area contributed by atoms with Crippen molar-refractivity contribution in [2.45, 2.75) is 45.4 Å². The van der Waals surface area contributed by atoms with Crippen LogP contribution in [-0.4, -0.2) is 12.5 Å². The molecule has 4 heteroatoms. The number of unbranched alkanes of at least 4 members (excludes halogenated alkanes) is 5. The molecule has 1 aromatic rings. The number of hydrogen-bond donors (Lipinski definition) is 1. The van der Waals surface area contributed by atoms with Gasteiger partial charge < -0.3 is 5.32 Å². The number of benzene rings is 1. The normalized spacial score (nSPS) is 10.5. The minimum Gasteiger partial charge on any atom is -0.352 e. The molecule has 0 saturated heterocycles. The maximum Gasteiger partial charge on any atom is 0.254 e. The zero-order valence-electron chi connectivity index (χ0n) is 11.3. The van der Waals surface area contributed by atoms with Crippen molar-refractivity contribution in [3.05, 3.63) is 35.4 Å². The molecule has 0 unspecified atom stereocenters. The summed E-state index contributed by atoms with van der Waals surface area (Å²) >= 11 is 0. The highest BCUT2D eigenvalue weighted by molar-refractivity contribution is 5.94. The maximum atomic E-state index is 13.3. The molecule has 0 spiro atoms. The summed E-state index contributed by atoms with van der Waals surface area (Å²) in [6, 6.07) is 2.89. The smallest absolute Gasteiger partial charge is 0.254 e. The largest absolute Gasteiger partial charge is 0.352 e. The van der Waals surface area contributed by atoms with Gasteiger partial charge >= 0.3 is 0 Å². The summed E-state index contributed by atoms with van der Waals surface area (Å²) in [7, 11) is 0. The van der Waals surface area contributed by atoms with Crippen molar-refractivity contribution >= 4 is 5.91 Å². The molecule has 0 radical (unpaired) electrons. The van der Waals surface area contributed by atoms with Gasteiger partial charge in [0.2, 0.25) is 0 Å². The fourth-order valence-corrected chi connectivity index (χ4v) is 1.87. The molecule has 2 nitrogen and oxygen atoms in total. The molecule has 1 rings (SSSR count). The number of rotatable bonds is 8. The quantitative estimate of drug-likeness (QED) is 0.709. The highest BCUT2D eigenvalue weighted by atomic mass is 19.1. The van der Waals surface area contributed by atoms with Crippen LogP contribution >= 0.6 is 0 Å². The third kappa shape index (κ3) is 5.81. The van der Waals surface area contributed by atoms with Crippen LogP contribution in [-0.2, 0) is 0 Å². The van der Waals surface area contributed by atoms with Gasteiger partial charge in [-0.2, -0.15) is 0 Å². The molecule has 0 saturated carbocycles. The van der Waals surface area contributed by atoms with E-state index in [0.717, 1.165) is 37.5 Å². The van der Waals surface area contributed by atoms with Crippen LogP contribution in [0.2, 0.25) is 0 Å². The second-order valence-electron chi connectivity index (χ2n) is 4.65. The molecule has 0 atom stereocenters. The molecular formula is C15H21F2NO. The molecule has 0 aromatic heterocycles. The van der Waals surface area contributed by atoms with E-state index >= 15 is 0 Å². The van der Waals surface area contributed by atoms with Gasteiger partial charge in [0, 0.05) is 6.54 Å². The molecule has 0 bridgehead atoms. The molecule has 106 valence electrons. The van der Waals surface area contributed by atoms with Crippen molar-refractivity contribution in [1.82, 2.24) is 5.32 Å². The van der Waals surface area contributed by atoms with Crippen molar-refractivity contribution in [2.75, 3.05) is 6.54 Å². The van der Waals surface area contributed by atoms with Crippen molar-refractivity contribution in [3.63, 3.8) is 0 Å². The van der Waals surface area contributed by atoms with Gasteiger partial charge in [0.05, 0.1) is 5.56 Å². The Morgan fingerprint density at radius 1 is 1.11 bits per heavy atom. The van der Waals surface area contributed by atoms with Gasteiger partial charge in [-0.3, -0.25) is 4.79 Å². The predicted molar refractivity (Wildman–Crippen MR) is 72.1 cm³/mol. The first kappa shape index (κ1) is 15.6. The molecule has 0 aliphatic carbocycles. The van der Waals surface area contributed by atoms with Crippen LogP contribution in [0.3, 0.4) is 0 Å². The highest BCUT2D eigenvalue weighted by Gasteiger charge is 2.11. The minimum atomic E-state index is -0.693. The lowest BCUT2D eigenvalue weighted by Crippen LogP contribution is -2.25. The molecule has 0 aliphatic heterocycles. The Balaban J connectivity index is 2.26. The lowest BCUT2D eigenvalue weighted by atomic mass is 10.1. The lowest BCUT2D eigenvalue weighted by molar-refractivity contribution is 0.0948. The van der Waals surface area contributed by atoms with Crippen LogP contribution in [0.15, 0.2) is 18.2 Å². The zero-order valence-corrected chi connectivity index (χ0v) is 11.3. The summed E-state index contributed by atoms with van der Waals surface area (Å²) in [5.74, 6) is -1.85. The topological polar surface area (TPSA) is 29.1 Å². The van der Waals surface area contributed by atoms with Crippen LogP contribution in [0.5, 0.6) is 0 Å². The van der Waals surface area contributed by atoms with Crippen molar-refractivity contribution in [1.29, 1.82) is 0 Å². The third-order valence-corrected chi connectivity index (χ3v) is 2.99. The summed E-state index contributed by atoms with van der Waals surface area (Å²) in [6.07, 6.45) is 6.72. The first-order valence-electron chi connectivity index (χ1n) is 6.88. The average Bonchev–Trinajstić information content (AvgIpc) is 2.40. The van der Waals surface area contributed by atoms with Crippen LogP contribution in [0.1, 0.15) is 55.8 Å². The maximum absolute atomic E-state index is 13.3. The summed E-state index contributed by atoms with van der Waals surface area (Å²) in [4.78, 5) is 11.6. The Morgan fingerprint density at radius 3 is 2.53 bits per heavy atom. The van der Waals surface area contributed by atoms with Crippen LogP contribution in [0.4, 0.5) is 8.78 Å². The van der Waals surface area contributed by atoms with Crippen LogP contribution in [0, 0.1) is 11.6 Å². The first-order chi connectivity index (χ1) is 9.15. The molecule has 0 aliphatic rings. The first-order valence-corrected chi connectivity index (χ1v) is 6.88. The number of halogens is 2. The van der Waals surface area contributed by atoms with E-state index < -0.39 is 17.5 Å². The summed E-state index contributed by atoms with van der Waals surface area (Å²) in [5, 5.41) is 2.61. The zero-order chi connectivity index (χ0) is 14.1.